The molecule has 6 heteroatoms. The molecule has 1 atom stereocenters. The van der Waals surface area contributed by atoms with Crippen molar-refractivity contribution < 1.29 is 24.2 Å². The molecule has 0 radical (unpaired) electrons. The van der Waals surface area contributed by atoms with Gasteiger partial charge in [0.2, 0.25) is 5.76 Å². The van der Waals surface area contributed by atoms with Gasteiger partial charge < -0.3 is 19.4 Å². The summed E-state index contributed by atoms with van der Waals surface area (Å²) in [5, 5.41) is 17.6. The van der Waals surface area contributed by atoms with E-state index in [0.29, 0.717) is 5.56 Å². The van der Waals surface area contributed by atoms with E-state index in [9.17, 15) is 9.59 Å². The summed E-state index contributed by atoms with van der Waals surface area (Å²) in [5.41, 5.74) is -0.280. The van der Waals surface area contributed by atoms with E-state index in [4.69, 9.17) is 14.9 Å². The van der Waals surface area contributed by atoms with Gasteiger partial charge in [-0.15, -0.1) is 0 Å². The first-order valence-electron chi connectivity index (χ1n) is 4.58. The molecule has 16 heavy (non-hydrogen) atoms. The molecule has 0 aliphatic rings. The molecule has 0 fully saturated rings. The minimum absolute atomic E-state index is 0.209. The molecular formula is C10H12O6. The monoisotopic (exact) mass is 228 g/mol. The summed E-state index contributed by atoms with van der Waals surface area (Å²) in [5.74, 6) is -1.73. The molecule has 6 nitrogen and oxygen atoms in total. The van der Waals surface area contributed by atoms with Crippen molar-refractivity contribution in [3.63, 3.8) is 0 Å². The Balaban J connectivity index is 2.96. The zero-order valence-electron chi connectivity index (χ0n) is 8.67. The van der Waals surface area contributed by atoms with E-state index >= 15 is 0 Å². The average Bonchev–Trinajstić information content (AvgIpc) is 2.25. The Morgan fingerprint density at radius 2 is 2.25 bits per heavy atom. The lowest BCUT2D eigenvalue weighted by Gasteiger charge is -2.11. The number of carboxylic acid groups (broad SMARTS) is 1. The van der Waals surface area contributed by atoms with Gasteiger partial charge >= 0.3 is 11.6 Å². The van der Waals surface area contributed by atoms with Crippen LogP contribution in [0.5, 0.6) is 0 Å². The number of hydrogen-bond donors (Lipinski definition) is 2. The Morgan fingerprint density at radius 3 is 2.75 bits per heavy atom. The number of rotatable bonds is 5. The topological polar surface area (TPSA) is 97.0 Å². The van der Waals surface area contributed by atoms with Gasteiger partial charge in [0.25, 0.3) is 0 Å². The fourth-order valence-electron chi connectivity index (χ4n) is 1.24. The number of aliphatic hydroxyl groups excluding tert-OH is 1. The number of aliphatic hydroxyl groups is 1. The zero-order chi connectivity index (χ0) is 12.1. The predicted molar refractivity (Wildman–Crippen MR) is 53.5 cm³/mol. The molecule has 0 bridgehead atoms. The van der Waals surface area contributed by atoms with Crippen molar-refractivity contribution in [1.29, 1.82) is 0 Å². The van der Waals surface area contributed by atoms with Crippen LogP contribution >= 0.6 is 0 Å². The summed E-state index contributed by atoms with van der Waals surface area (Å²) in [4.78, 5) is 21.7. The van der Waals surface area contributed by atoms with Gasteiger partial charge in [-0.05, 0) is 11.6 Å². The van der Waals surface area contributed by atoms with E-state index in [1.807, 2.05) is 0 Å². The van der Waals surface area contributed by atoms with Gasteiger partial charge in [-0.3, -0.25) is 0 Å². The highest BCUT2D eigenvalue weighted by molar-refractivity contribution is 5.84. The number of aromatic carboxylic acids is 1. The number of carbonyl (C=O) groups is 1. The molecule has 0 spiro atoms. The van der Waals surface area contributed by atoms with Crippen LogP contribution in [0, 0.1) is 0 Å². The molecule has 0 saturated heterocycles. The molecule has 1 aromatic heterocycles. The Kier molecular flexibility index (Phi) is 4.21. The van der Waals surface area contributed by atoms with Crippen molar-refractivity contribution in [1.82, 2.24) is 0 Å². The van der Waals surface area contributed by atoms with Crippen LogP contribution < -0.4 is 5.63 Å². The number of methoxy groups -OCH3 is 1. The maximum atomic E-state index is 11.0. The fourth-order valence-corrected chi connectivity index (χ4v) is 1.24. The first kappa shape index (κ1) is 12.4. The lowest BCUT2D eigenvalue weighted by molar-refractivity contribution is 0.0492. The summed E-state index contributed by atoms with van der Waals surface area (Å²) in [6.45, 7) is -0.209. The predicted octanol–water partition coefficient (Wildman–Crippen LogP) is -0.112. The zero-order valence-corrected chi connectivity index (χ0v) is 8.67. The second kappa shape index (κ2) is 5.43. The molecule has 0 aromatic carbocycles. The van der Waals surface area contributed by atoms with Crippen molar-refractivity contribution in [2.45, 2.75) is 12.5 Å². The summed E-state index contributed by atoms with van der Waals surface area (Å²) in [6, 6.07) is 2.42. The summed E-state index contributed by atoms with van der Waals surface area (Å²) in [6.07, 6.45) is -0.220. The van der Waals surface area contributed by atoms with E-state index in [0.717, 1.165) is 0 Å². The molecule has 1 rings (SSSR count). The SMILES string of the molecule is COC(CO)Cc1cc(C(=O)O)oc(=O)c1. The van der Waals surface area contributed by atoms with Crippen LogP contribution in [0.15, 0.2) is 21.3 Å². The molecule has 1 aromatic rings. The third kappa shape index (κ3) is 3.18. The summed E-state index contributed by atoms with van der Waals surface area (Å²) >= 11 is 0. The van der Waals surface area contributed by atoms with Crippen molar-refractivity contribution in [2.24, 2.45) is 0 Å². The molecule has 1 unspecified atom stereocenters. The van der Waals surface area contributed by atoms with Gasteiger partial charge in [-0.2, -0.15) is 0 Å². The highest BCUT2D eigenvalue weighted by Crippen LogP contribution is 2.06. The quantitative estimate of drug-likeness (QED) is 0.729. The molecule has 0 saturated carbocycles. The second-order valence-corrected chi connectivity index (χ2v) is 3.20. The minimum Gasteiger partial charge on any atom is -0.475 e. The third-order valence-corrected chi connectivity index (χ3v) is 2.04. The van der Waals surface area contributed by atoms with Crippen LogP contribution in [-0.2, 0) is 11.2 Å². The summed E-state index contributed by atoms with van der Waals surface area (Å²) < 4.78 is 9.38. The highest BCUT2D eigenvalue weighted by Gasteiger charge is 2.12. The maximum Gasteiger partial charge on any atom is 0.371 e. The van der Waals surface area contributed by atoms with Crippen molar-refractivity contribution in [3.8, 4) is 0 Å². The largest absolute Gasteiger partial charge is 0.475 e. The van der Waals surface area contributed by atoms with Crippen molar-refractivity contribution >= 4 is 5.97 Å². The Bertz CT molecular complexity index is 418. The second-order valence-electron chi connectivity index (χ2n) is 3.20. The van der Waals surface area contributed by atoms with Gasteiger partial charge in [-0.1, -0.05) is 0 Å². The fraction of sp³-hybridized carbons (Fsp3) is 0.400. The lowest BCUT2D eigenvalue weighted by atomic mass is 10.1. The molecule has 0 aliphatic heterocycles. The molecule has 1 heterocycles. The first-order chi connectivity index (χ1) is 7.56. The number of ether oxygens (including phenoxy) is 1. The average molecular weight is 228 g/mol. The molecule has 2 N–H and O–H groups in total. The van der Waals surface area contributed by atoms with Gasteiger partial charge in [0.05, 0.1) is 12.7 Å². The highest BCUT2D eigenvalue weighted by atomic mass is 16.5. The van der Waals surface area contributed by atoms with Crippen LogP contribution in [0.4, 0.5) is 0 Å². The lowest BCUT2D eigenvalue weighted by Crippen LogP contribution is -2.20. The van der Waals surface area contributed by atoms with E-state index in [1.54, 1.807) is 0 Å². The normalized spacial score (nSPS) is 12.4. The number of hydrogen-bond acceptors (Lipinski definition) is 5. The Morgan fingerprint density at radius 1 is 1.56 bits per heavy atom. The van der Waals surface area contributed by atoms with Crippen LogP contribution in [0.2, 0.25) is 0 Å². The number of carboxylic acids is 1. The van der Waals surface area contributed by atoms with Crippen molar-refractivity contribution in [3.05, 3.63) is 33.9 Å². The Hall–Kier alpha value is -1.66. The Labute approximate surface area is 91.1 Å². The van der Waals surface area contributed by atoms with Crippen LogP contribution in [0.1, 0.15) is 16.1 Å². The minimum atomic E-state index is -1.31. The van der Waals surface area contributed by atoms with E-state index in [-0.39, 0.29) is 13.0 Å². The van der Waals surface area contributed by atoms with E-state index in [1.165, 1.54) is 19.2 Å². The first-order valence-corrected chi connectivity index (χ1v) is 4.58. The molecule has 0 amide bonds. The molecule has 88 valence electrons. The van der Waals surface area contributed by atoms with Crippen molar-refractivity contribution in [2.75, 3.05) is 13.7 Å². The standard InChI is InChI=1S/C10H12O6/c1-15-7(5-11)2-6-3-8(10(13)14)16-9(12)4-6/h3-4,7,11H,2,5H2,1H3,(H,13,14). The van der Waals surface area contributed by atoms with Gasteiger partial charge in [0.1, 0.15) is 0 Å². The van der Waals surface area contributed by atoms with Gasteiger partial charge in [0, 0.05) is 19.6 Å². The van der Waals surface area contributed by atoms with E-state index < -0.39 is 23.5 Å². The van der Waals surface area contributed by atoms with Crippen LogP contribution in [0.3, 0.4) is 0 Å². The van der Waals surface area contributed by atoms with Gasteiger partial charge in [0.15, 0.2) is 0 Å². The molecule has 0 aliphatic carbocycles. The van der Waals surface area contributed by atoms with Crippen LogP contribution in [0.25, 0.3) is 0 Å². The maximum absolute atomic E-state index is 11.0. The summed E-state index contributed by atoms with van der Waals surface area (Å²) in [7, 11) is 1.42. The molecular weight excluding hydrogens is 216 g/mol. The van der Waals surface area contributed by atoms with E-state index in [2.05, 4.69) is 4.42 Å². The van der Waals surface area contributed by atoms with Crippen LogP contribution in [-0.4, -0.2) is 36.0 Å². The third-order valence-electron chi connectivity index (χ3n) is 2.04. The smallest absolute Gasteiger partial charge is 0.371 e. The van der Waals surface area contributed by atoms with Gasteiger partial charge in [-0.25, -0.2) is 9.59 Å².